The molecule has 1 unspecified atom stereocenters. The minimum Gasteiger partial charge on any atom is -0.265 e. The van der Waals surface area contributed by atoms with Crippen LogP contribution in [-0.2, 0) is 4.57 Å². The van der Waals surface area contributed by atoms with E-state index in [0.717, 1.165) is 11.1 Å². The van der Waals surface area contributed by atoms with Crippen LogP contribution < -0.4 is 0 Å². The highest BCUT2D eigenvalue weighted by Gasteiger charge is 2.09. The molecule has 0 fully saturated rings. The van der Waals surface area contributed by atoms with E-state index in [-0.39, 0.29) is 0 Å². The Balaban J connectivity index is 2.39. The van der Waals surface area contributed by atoms with Gasteiger partial charge in [-0.3, -0.25) is 4.98 Å². The van der Waals surface area contributed by atoms with E-state index >= 15 is 0 Å². The predicted octanol–water partition coefficient (Wildman–Crippen LogP) is 2.77. The fraction of sp³-hybridized carbons (Fsp3) is 0.100. The zero-order valence-corrected chi connectivity index (χ0v) is 8.69. The lowest BCUT2D eigenvalue weighted by Gasteiger charge is -1.93. The fourth-order valence-corrected chi connectivity index (χ4v) is 1.82. The molecule has 0 aromatic carbocycles. The highest BCUT2D eigenvalue weighted by Crippen LogP contribution is 2.25. The van der Waals surface area contributed by atoms with Gasteiger partial charge >= 0.3 is 7.95 Å². The van der Waals surface area contributed by atoms with E-state index in [1.165, 1.54) is 0 Å². The first-order chi connectivity index (χ1) is 6.77. The third-order valence-corrected chi connectivity index (χ3v) is 2.92. The quantitative estimate of drug-likeness (QED) is 0.706. The van der Waals surface area contributed by atoms with Gasteiger partial charge in [-0.1, -0.05) is 0 Å². The Labute approximate surface area is 83.3 Å². The summed E-state index contributed by atoms with van der Waals surface area (Å²) in [6.45, 7) is 1.69. The maximum atomic E-state index is 11.2. The maximum absolute atomic E-state index is 11.2. The summed E-state index contributed by atoms with van der Waals surface area (Å²) in [7, 11) is -1.31. The van der Waals surface area contributed by atoms with Crippen LogP contribution in [0.15, 0.2) is 43.0 Å². The van der Waals surface area contributed by atoms with Gasteiger partial charge in [-0.25, -0.2) is 0 Å². The molecule has 4 heteroatoms. The van der Waals surface area contributed by atoms with Crippen molar-refractivity contribution in [1.82, 2.24) is 9.32 Å². The van der Waals surface area contributed by atoms with Crippen LogP contribution in [0.3, 0.4) is 0 Å². The molecule has 0 bridgehead atoms. The largest absolute Gasteiger partial charge is 0.462 e. The third kappa shape index (κ3) is 1.73. The van der Waals surface area contributed by atoms with Gasteiger partial charge in [0.2, 0.25) is 0 Å². The Hall–Kier alpha value is -1.47. The predicted molar refractivity (Wildman–Crippen MR) is 56.6 cm³/mol. The van der Waals surface area contributed by atoms with Crippen molar-refractivity contribution < 1.29 is 4.57 Å². The van der Waals surface area contributed by atoms with E-state index in [1.54, 1.807) is 23.4 Å². The van der Waals surface area contributed by atoms with Gasteiger partial charge in [-0.2, -0.15) is 0 Å². The molecular weight excluding hydrogens is 195 g/mol. The first-order valence-electron chi connectivity index (χ1n) is 4.27. The number of rotatable bonds is 2. The van der Waals surface area contributed by atoms with Crippen molar-refractivity contribution in [2.24, 2.45) is 0 Å². The summed E-state index contributed by atoms with van der Waals surface area (Å²) >= 11 is 0. The van der Waals surface area contributed by atoms with Crippen LogP contribution >= 0.6 is 7.95 Å². The van der Waals surface area contributed by atoms with Crippen molar-refractivity contribution in [3.63, 3.8) is 0 Å². The van der Waals surface area contributed by atoms with Gasteiger partial charge < -0.3 is 0 Å². The zero-order chi connectivity index (χ0) is 9.97. The standard InChI is InChI=1S/C10H10N2OP/c1-14(13)12-7-4-10(8-12)9-2-5-11-6-3-9/h2-8H,1H3/q+1. The SMILES string of the molecule is C[P+](=O)n1ccc(-c2ccncc2)c1. The number of pyridine rings is 1. The highest BCUT2D eigenvalue weighted by atomic mass is 31.1. The first-order valence-corrected chi connectivity index (χ1v) is 5.93. The second-order valence-corrected chi connectivity index (χ2v) is 4.37. The van der Waals surface area contributed by atoms with Crippen molar-refractivity contribution in [1.29, 1.82) is 0 Å². The molecule has 70 valence electrons. The molecular formula is C10H10N2OP+. The summed E-state index contributed by atoms with van der Waals surface area (Å²) in [5.41, 5.74) is 2.16. The van der Waals surface area contributed by atoms with Gasteiger partial charge in [0.1, 0.15) is 0 Å². The number of nitrogens with zero attached hydrogens (tertiary/aromatic N) is 2. The Morgan fingerprint density at radius 1 is 1.21 bits per heavy atom. The fourth-order valence-electron chi connectivity index (χ4n) is 1.28. The molecule has 0 radical (unpaired) electrons. The molecule has 0 amide bonds. The van der Waals surface area contributed by atoms with Gasteiger partial charge in [-0.05, 0) is 28.3 Å². The smallest absolute Gasteiger partial charge is 0.265 e. The topological polar surface area (TPSA) is 34.9 Å². The Kier molecular flexibility index (Phi) is 2.42. The van der Waals surface area contributed by atoms with Crippen molar-refractivity contribution >= 4 is 7.95 Å². The van der Waals surface area contributed by atoms with E-state index < -0.39 is 7.95 Å². The molecule has 0 aliphatic carbocycles. The molecule has 1 atom stereocenters. The zero-order valence-electron chi connectivity index (χ0n) is 7.79. The van der Waals surface area contributed by atoms with Crippen LogP contribution in [-0.4, -0.2) is 16.0 Å². The van der Waals surface area contributed by atoms with Crippen molar-refractivity contribution in [3.8, 4) is 11.1 Å². The third-order valence-electron chi connectivity index (χ3n) is 2.02. The second kappa shape index (κ2) is 3.72. The van der Waals surface area contributed by atoms with Crippen LogP contribution in [0.2, 0.25) is 0 Å². The Morgan fingerprint density at radius 3 is 2.50 bits per heavy atom. The maximum Gasteiger partial charge on any atom is 0.462 e. The van der Waals surface area contributed by atoms with Crippen LogP contribution in [0.4, 0.5) is 0 Å². The second-order valence-electron chi connectivity index (χ2n) is 2.98. The molecule has 0 saturated heterocycles. The van der Waals surface area contributed by atoms with Gasteiger partial charge in [-0.15, -0.1) is 4.34 Å². The molecule has 14 heavy (non-hydrogen) atoms. The number of hydrogen-bond donors (Lipinski definition) is 0. The molecule has 3 nitrogen and oxygen atoms in total. The number of hydrogen-bond acceptors (Lipinski definition) is 2. The first kappa shape index (κ1) is 9.10. The summed E-state index contributed by atoms with van der Waals surface area (Å²) in [5.74, 6) is 0. The van der Waals surface area contributed by atoms with Crippen LogP contribution in [0, 0.1) is 0 Å². The van der Waals surface area contributed by atoms with E-state index in [1.807, 2.05) is 30.6 Å². The van der Waals surface area contributed by atoms with Gasteiger partial charge in [0.15, 0.2) is 6.66 Å². The summed E-state index contributed by atoms with van der Waals surface area (Å²) < 4.78 is 12.9. The molecule has 2 heterocycles. The summed E-state index contributed by atoms with van der Waals surface area (Å²) in [4.78, 5) is 3.95. The van der Waals surface area contributed by atoms with E-state index in [0.29, 0.717) is 0 Å². The van der Waals surface area contributed by atoms with Gasteiger partial charge in [0.05, 0.1) is 12.4 Å². The molecule has 2 aromatic heterocycles. The lowest BCUT2D eigenvalue weighted by atomic mass is 10.1. The van der Waals surface area contributed by atoms with Gasteiger partial charge in [0, 0.05) is 18.0 Å². The molecule has 0 spiro atoms. The van der Waals surface area contributed by atoms with Crippen LogP contribution in [0.5, 0.6) is 0 Å². The molecule has 0 aliphatic heterocycles. The average molecular weight is 205 g/mol. The average Bonchev–Trinajstić information content (AvgIpc) is 2.68. The van der Waals surface area contributed by atoms with Gasteiger partial charge in [0.25, 0.3) is 0 Å². The highest BCUT2D eigenvalue weighted by molar-refractivity contribution is 7.41. The molecule has 0 N–H and O–H groups in total. The summed E-state index contributed by atoms with van der Waals surface area (Å²) in [6, 6.07) is 5.82. The monoisotopic (exact) mass is 205 g/mol. The Bertz CT molecular complexity index is 450. The van der Waals surface area contributed by atoms with E-state index in [4.69, 9.17) is 0 Å². The van der Waals surface area contributed by atoms with Crippen molar-refractivity contribution in [3.05, 3.63) is 43.0 Å². The molecule has 2 aromatic rings. The minimum atomic E-state index is -1.31. The molecule has 2 rings (SSSR count). The number of aromatic nitrogens is 2. The molecule has 0 aliphatic rings. The minimum absolute atomic E-state index is 1.07. The molecule has 0 saturated carbocycles. The van der Waals surface area contributed by atoms with Crippen molar-refractivity contribution in [2.45, 2.75) is 0 Å². The van der Waals surface area contributed by atoms with E-state index in [9.17, 15) is 4.57 Å². The van der Waals surface area contributed by atoms with E-state index in [2.05, 4.69) is 4.98 Å². The normalized spacial score (nSPS) is 11.4. The van der Waals surface area contributed by atoms with Crippen LogP contribution in [0.1, 0.15) is 0 Å². The Morgan fingerprint density at radius 2 is 1.93 bits per heavy atom. The summed E-state index contributed by atoms with van der Waals surface area (Å²) in [6.07, 6.45) is 7.21. The van der Waals surface area contributed by atoms with Crippen molar-refractivity contribution in [2.75, 3.05) is 6.66 Å². The lowest BCUT2D eigenvalue weighted by molar-refractivity contribution is 0.586. The van der Waals surface area contributed by atoms with Crippen LogP contribution in [0.25, 0.3) is 11.1 Å². The lowest BCUT2D eigenvalue weighted by Crippen LogP contribution is -1.77. The summed E-state index contributed by atoms with van der Waals surface area (Å²) in [5, 5.41) is 0.